The Morgan fingerprint density at radius 3 is 2.44 bits per heavy atom. The number of halogens is 6. The predicted octanol–water partition coefficient (Wildman–Crippen LogP) is 5.66. The standard InChI is InChI=1S/C23H21F6N5OS/c1-12-7-22(25,26)11-34(17(12)10-32-21-30-8-15(9-31-21)23(27,28)29)20(35)18-19(36-13(2)33-18)14-3-5-16(24)6-4-14/h3-6,8-9,12,17H,7,10-11H2,1-2H3,(H,30,31,32)/t12-,17-/m1/s1. The second-order valence-corrected chi connectivity index (χ2v) is 9.83. The van der Waals surface area contributed by atoms with Crippen LogP contribution in [-0.4, -0.2) is 50.8 Å². The highest BCUT2D eigenvalue weighted by Gasteiger charge is 2.47. The van der Waals surface area contributed by atoms with Crippen molar-refractivity contribution in [3.8, 4) is 10.4 Å². The van der Waals surface area contributed by atoms with E-state index in [-0.39, 0.29) is 18.2 Å². The molecule has 4 rings (SSSR count). The van der Waals surface area contributed by atoms with Gasteiger partial charge in [-0.25, -0.2) is 28.1 Å². The number of aromatic nitrogens is 3. The van der Waals surface area contributed by atoms with E-state index in [1.165, 1.54) is 35.6 Å². The molecule has 36 heavy (non-hydrogen) atoms. The van der Waals surface area contributed by atoms with Gasteiger partial charge >= 0.3 is 6.18 Å². The Hall–Kier alpha value is -3.22. The fourth-order valence-electron chi connectivity index (χ4n) is 4.15. The van der Waals surface area contributed by atoms with Crippen molar-refractivity contribution in [2.24, 2.45) is 5.92 Å². The van der Waals surface area contributed by atoms with Gasteiger partial charge in [0.25, 0.3) is 11.8 Å². The summed E-state index contributed by atoms with van der Waals surface area (Å²) in [5.41, 5.74) is -0.525. The second-order valence-electron chi connectivity index (χ2n) is 8.63. The van der Waals surface area contributed by atoms with Crippen LogP contribution in [0.25, 0.3) is 10.4 Å². The maximum Gasteiger partial charge on any atom is 0.419 e. The van der Waals surface area contributed by atoms with Gasteiger partial charge in [0.1, 0.15) is 11.5 Å². The molecule has 1 aliphatic rings. The third-order valence-electron chi connectivity index (χ3n) is 5.83. The highest BCUT2D eigenvalue weighted by molar-refractivity contribution is 7.15. The minimum Gasteiger partial charge on any atom is -0.352 e. The zero-order valence-corrected chi connectivity index (χ0v) is 19.9. The molecule has 0 saturated carbocycles. The molecular weight excluding hydrogens is 508 g/mol. The van der Waals surface area contributed by atoms with Crippen LogP contribution < -0.4 is 5.32 Å². The number of nitrogens with zero attached hydrogens (tertiary/aromatic N) is 4. The number of thiazole rings is 1. The van der Waals surface area contributed by atoms with E-state index < -0.39 is 54.3 Å². The summed E-state index contributed by atoms with van der Waals surface area (Å²) < 4.78 is 80.8. The van der Waals surface area contributed by atoms with E-state index >= 15 is 0 Å². The van der Waals surface area contributed by atoms with Gasteiger partial charge in [-0.2, -0.15) is 13.2 Å². The van der Waals surface area contributed by atoms with Crippen LogP contribution in [-0.2, 0) is 6.18 Å². The average molecular weight is 530 g/mol. The van der Waals surface area contributed by atoms with Crippen molar-refractivity contribution in [2.45, 2.75) is 38.4 Å². The van der Waals surface area contributed by atoms with Gasteiger partial charge in [-0.05, 0) is 30.5 Å². The lowest BCUT2D eigenvalue weighted by molar-refractivity contribution is -0.138. The first-order valence-corrected chi connectivity index (χ1v) is 11.7. The topological polar surface area (TPSA) is 71.0 Å². The van der Waals surface area contributed by atoms with Crippen molar-refractivity contribution in [2.75, 3.05) is 18.4 Å². The van der Waals surface area contributed by atoms with E-state index in [0.717, 1.165) is 4.90 Å². The van der Waals surface area contributed by atoms with Gasteiger partial charge < -0.3 is 10.2 Å². The second kappa shape index (κ2) is 9.68. The molecule has 1 fully saturated rings. The Morgan fingerprint density at radius 2 is 1.83 bits per heavy atom. The zero-order valence-electron chi connectivity index (χ0n) is 19.1. The summed E-state index contributed by atoms with van der Waals surface area (Å²) >= 11 is 1.18. The molecule has 13 heteroatoms. The largest absolute Gasteiger partial charge is 0.419 e. The first kappa shape index (κ1) is 25.9. The molecule has 0 bridgehead atoms. The summed E-state index contributed by atoms with van der Waals surface area (Å²) in [6.45, 7) is 2.32. The number of nitrogens with one attached hydrogen (secondary N) is 1. The van der Waals surface area contributed by atoms with Crippen molar-refractivity contribution in [3.05, 3.63) is 58.7 Å². The molecule has 1 N–H and O–H groups in total. The minimum atomic E-state index is -4.60. The van der Waals surface area contributed by atoms with Crippen LogP contribution in [0.4, 0.5) is 32.3 Å². The van der Waals surface area contributed by atoms with Gasteiger partial charge in [-0.1, -0.05) is 19.1 Å². The maximum atomic E-state index is 14.5. The fourth-order valence-corrected chi connectivity index (χ4v) is 5.06. The minimum absolute atomic E-state index is 0.0233. The van der Waals surface area contributed by atoms with Crippen LogP contribution >= 0.6 is 11.3 Å². The average Bonchev–Trinajstić information content (AvgIpc) is 3.19. The molecule has 0 radical (unpaired) electrons. The van der Waals surface area contributed by atoms with E-state index in [1.54, 1.807) is 13.8 Å². The molecule has 2 aromatic heterocycles. The third kappa shape index (κ3) is 5.61. The number of benzene rings is 1. The molecule has 3 heterocycles. The summed E-state index contributed by atoms with van der Waals surface area (Å²) in [7, 11) is 0. The van der Waals surface area contributed by atoms with Gasteiger partial charge in [-0.15, -0.1) is 11.3 Å². The van der Waals surface area contributed by atoms with E-state index in [1.807, 2.05) is 0 Å². The van der Waals surface area contributed by atoms with Gasteiger partial charge in [0.2, 0.25) is 5.95 Å². The highest BCUT2D eigenvalue weighted by Crippen LogP contribution is 2.37. The van der Waals surface area contributed by atoms with Crippen molar-refractivity contribution < 1.29 is 31.1 Å². The number of anilines is 1. The summed E-state index contributed by atoms with van der Waals surface area (Å²) in [6.07, 6.45) is -3.84. The summed E-state index contributed by atoms with van der Waals surface area (Å²) in [5, 5.41) is 3.29. The molecule has 3 aromatic rings. The smallest absolute Gasteiger partial charge is 0.352 e. The molecule has 1 aliphatic heterocycles. The summed E-state index contributed by atoms with van der Waals surface area (Å²) in [6, 6.07) is 4.67. The van der Waals surface area contributed by atoms with Crippen LogP contribution in [0.15, 0.2) is 36.7 Å². The van der Waals surface area contributed by atoms with Crippen molar-refractivity contribution in [1.82, 2.24) is 19.9 Å². The Kier molecular flexibility index (Phi) is 6.95. The number of hydrogen-bond donors (Lipinski definition) is 1. The number of piperidine rings is 1. The molecule has 0 spiro atoms. The number of alkyl halides is 5. The Morgan fingerprint density at radius 1 is 1.19 bits per heavy atom. The quantitative estimate of drug-likeness (QED) is 0.432. The van der Waals surface area contributed by atoms with E-state index in [9.17, 15) is 31.1 Å². The number of aryl methyl sites for hydroxylation is 1. The van der Waals surface area contributed by atoms with Crippen molar-refractivity contribution in [3.63, 3.8) is 0 Å². The number of likely N-dealkylation sites (tertiary alicyclic amines) is 1. The summed E-state index contributed by atoms with van der Waals surface area (Å²) in [4.78, 5) is 26.6. The normalized spacial score (nSPS) is 19.8. The molecule has 192 valence electrons. The van der Waals surface area contributed by atoms with Crippen LogP contribution in [0.2, 0.25) is 0 Å². The number of hydrogen-bond acceptors (Lipinski definition) is 6. The Labute approximate surface area is 206 Å². The molecule has 0 aliphatic carbocycles. The first-order valence-electron chi connectivity index (χ1n) is 10.9. The third-order valence-corrected chi connectivity index (χ3v) is 6.85. The van der Waals surface area contributed by atoms with E-state index in [0.29, 0.717) is 27.8 Å². The van der Waals surface area contributed by atoms with Crippen LogP contribution in [0.1, 0.15) is 34.4 Å². The van der Waals surface area contributed by atoms with Crippen molar-refractivity contribution in [1.29, 1.82) is 0 Å². The SMILES string of the molecule is Cc1nc(C(=O)N2CC(F)(F)C[C@@H](C)[C@H]2CNc2ncc(C(F)(F)F)cn2)c(-c2ccc(F)cc2)s1. The Balaban J connectivity index is 1.60. The zero-order chi connectivity index (χ0) is 26.3. The molecule has 6 nitrogen and oxygen atoms in total. The molecular formula is C23H21F6N5OS. The number of rotatable bonds is 5. The number of carbonyl (C=O) groups is 1. The van der Waals surface area contributed by atoms with Gasteiger partial charge in [-0.3, -0.25) is 4.79 Å². The van der Waals surface area contributed by atoms with Crippen LogP contribution in [0.5, 0.6) is 0 Å². The summed E-state index contributed by atoms with van der Waals surface area (Å²) in [5.74, 6) is -5.11. The van der Waals surface area contributed by atoms with Gasteiger partial charge in [0.15, 0.2) is 0 Å². The lowest BCUT2D eigenvalue weighted by atomic mass is 9.88. The van der Waals surface area contributed by atoms with Crippen molar-refractivity contribution >= 4 is 23.2 Å². The molecule has 2 atom stereocenters. The van der Waals surface area contributed by atoms with E-state index in [4.69, 9.17) is 0 Å². The Bertz CT molecular complexity index is 1230. The molecule has 1 amide bonds. The molecule has 1 aromatic carbocycles. The predicted molar refractivity (Wildman–Crippen MR) is 121 cm³/mol. The maximum absolute atomic E-state index is 14.5. The first-order chi connectivity index (χ1) is 16.8. The fraction of sp³-hybridized carbons (Fsp3) is 0.391. The van der Waals surface area contributed by atoms with Crippen LogP contribution in [0, 0.1) is 18.7 Å². The number of carbonyl (C=O) groups excluding carboxylic acids is 1. The van der Waals surface area contributed by atoms with Gasteiger partial charge in [0.05, 0.1) is 28.0 Å². The molecule has 1 saturated heterocycles. The monoisotopic (exact) mass is 529 g/mol. The number of amides is 1. The lowest BCUT2D eigenvalue weighted by Gasteiger charge is -2.43. The lowest BCUT2D eigenvalue weighted by Crippen LogP contribution is -2.57. The highest BCUT2D eigenvalue weighted by atomic mass is 32.1. The van der Waals surface area contributed by atoms with E-state index in [2.05, 4.69) is 20.3 Å². The molecule has 0 unspecified atom stereocenters. The van der Waals surface area contributed by atoms with Crippen LogP contribution in [0.3, 0.4) is 0 Å². The van der Waals surface area contributed by atoms with Gasteiger partial charge in [0, 0.05) is 25.4 Å².